The maximum atomic E-state index is 11.6. The molecule has 6 heteroatoms. The van der Waals surface area contributed by atoms with Gasteiger partial charge in [0, 0.05) is 46.8 Å². The molecule has 0 radical (unpaired) electrons. The Hall–Kier alpha value is -3.41. The summed E-state index contributed by atoms with van der Waals surface area (Å²) in [6.07, 6.45) is 2.08. The highest BCUT2D eigenvalue weighted by molar-refractivity contribution is 5.88. The smallest absolute Gasteiger partial charge is 0.231 e. The summed E-state index contributed by atoms with van der Waals surface area (Å²) in [5, 5.41) is 7.64. The Morgan fingerprint density at radius 2 is 1.88 bits per heavy atom. The number of aromatic amines is 1. The van der Waals surface area contributed by atoms with Gasteiger partial charge >= 0.3 is 0 Å². The van der Waals surface area contributed by atoms with Crippen molar-refractivity contribution in [3.63, 3.8) is 0 Å². The second-order valence-electron chi connectivity index (χ2n) is 10.2. The van der Waals surface area contributed by atoms with Gasteiger partial charge in [-0.05, 0) is 54.3 Å². The lowest BCUT2D eigenvalue weighted by atomic mass is 9.92. The number of rotatable bonds is 6. The summed E-state index contributed by atoms with van der Waals surface area (Å²) < 4.78 is 11.1. The minimum absolute atomic E-state index is 0.00108. The summed E-state index contributed by atoms with van der Waals surface area (Å²) in [5.41, 5.74) is 6.29. The van der Waals surface area contributed by atoms with E-state index in [0.717, 1.165) is 57.9 Å². The molecule has 2 aromatic carbocycles. The number of aromatic nitrogens is 1. The molecule has 6 nitrogen and oxygen atoms in total. The van der Waals surface area contributed by atoms with Gasteiger partial charge in [-0.3, -0.25) is 4.79 Å². The Morgan fingerprint density at radius 1 is 1.12 bits per heavy atom. The molecular weight excluding hydrogens is 414 g/mol. The Kier molecular flexibility index (Phi) is 4.92. The first-order chi connectivity index (χ1) is 15.7. The van der Waals surface area contributed by atoms with E-state index in [9.17, 15) is 4.79 Å². The number of fused-ring (bicyclic) bond motifs is 2. The highest BCUT2D eigenvalue weighted by Gasteiger charge is 2.47. The fourth-order valence-electron chi connectivity index (χ4n) is 4.53. The zero-order valence-corrected chi connectivity index (χ0v) is 19.7. The van der Waals surface area contributed by atoms with E-state index >= 15 is 0 Å². The van der Waals surface area contributed by atoms with Crippen molar-refractivity contribution in [3.8, 4) is 11.5 Å². The maximum absolute atomic E-state index is 11.6. The first-order valence-corrected chi connectivity index (χ1v) is 11.4. The van der Waals surface area contributed by atoms with Gasteiger partial charge in [0.05, 0.1) is 5.52 Å². The van der Waals surface area contributed by atoms with Crippen LogP contribution >= 0.6 is 0 Å². The lowest BCUT2D eigenvalue weighted by Crippen LogP contribution is -2.20. The Balaban J connectivity index is 1.46. The molecule has 33 heavy (non-hydrogen) atoms. The standard InChI is InChI=1S/C27H31N3O3/c1-16(27(8-9-27)20-6-7-22-23(13-20)33-15-32-22)29-21-10-18-12-24(26(3,4)5)30-25(18)19(11-21)14-28-17(2)31/h6-7,10-13,29-30H,1,8-9,14-15H2,2-5H3,(H,28,31). The molecular formula is C27H31N3O3. The van der Waals surface area contributed by atoms with Crippen LogP contribution in [0.1, 0.15) is 57.4 Å². The Bertz CT molecular complexity index is 1260. The van der Waals surface area contributed by atoms with Gasteiger partial charge in [-0.1, -0.05) is 33.4 Å². The van der Waals surface area contributed by atoms with Crippen LogP contribution in [0, 0.1) is 0 Å². The van der Waals surface area contributed by atoms with E-state index in [1.165, 1.54) is 5.56 Å². The number of benzene rings is 2. The Morgan fingerprint density at radius 3 is 2.58 bits per heavy atom. The van der Waals surface area contributed by atoms with Crippen molar-refractivity contribution < 1.29 is 14.3 Å². The molecule has 0 saturated heterocycles. The number of hydrogen-bond acceptors (Lipinski definition) is 4. The van der Waals surface area contributed by atoms with Crippen LogP contribution in [0.2, 0.25) is 0 Å². The van der Waals surface area contributed by atoms with E-state index < -0.39 is 0 Å². The van der Waals surface area contributed by atoms with Gasteiger partial charge in [-0.15, -0.1) is 0 Å². The van der Waals surface area contributed by atoms with Crippen LogP contribution in [0.15, 0.2) is 48.7 Å². The summed E-state index contributed by atoms with van der Waals surface area (Å²) in [7, 11) is 0. The van der Waals surface area contributed by atoms with Crippen LogP contribution in [0.4, 0.5) is 5.69 Å². The zero-order valence-electron chi connectivity index (χ0n) is 19.7. The molecule has 0 spiro atoms. The molecule has 5 rings (SSSR count). The number of amides is 1. The highest BCUT2D eigenvalue weighted by Crippen LogP contribution is 2.54. The van der Waals surface area contributed by atoms with Crippen LogP contribution in [0.3, 0.4) is 0 Å². The number of carbonyl (C=O) groups is 1. The average Bonchev–Trinajstić information content (AvgIpc) is 3.22. The number of carbonyl (C=O) groups excluding carboxylic acids is 1. The third kappa shape index (κ3) is 3.94. The van der Waals surface area contributed by atoms with Gasteiger partial charge in [-0.2, -0.15) is 0 Å². The number of ether oxygens (including phenoxy) is 2. The van der Waals surface area contributed by atoms with Gasteiger partial charge in [0.2, 0.25) is 12.7 Å². The highest BCUT2D eigenvalue weighted by atomic mass is 16.7. The maximum Gasteiger partial charge on any atom is 0.231 e. The summed E-state index contributed by atoms with van der Waals surface area (Å²) in [6.45, 7) is 13.3. The predicted molar refractivity (Wildman–Crippen MR) is 131 cm³/mol. The Labute approximate surface area is 194 Å². The number of allylic oxidation sites excluding steroid dienone is 1. The van der Waals surface area contributed by atoms with Crippen molar-refractivity contribution in [3.05, 3.63) is 65.5 Å². The summed E-state index contributed by atoms with van der Waals surface area (Å²) in [5.74, 6) is 1.55. The van der Waals surface area contributed by atoms with E-state index in [-0.39, 0.29) is 23.5 Å². The molecule has 172 valence electrons. The molecule has 1 aromatic heterocycles. The molecule has 1 fully saturated rings. The lowest BCUT2D eigenvalue weighted by Gasteiger charge is -2.21. The number of hydrogen-bond donors (Lipinski definition) is 3. The summed E-state index contributed by atoms with van der Waals surface area (Å²) in [6, 6.07) is 12.6. The lowest BCUT2D eigenvalue weighted by molar-refractivity contribution is -0.119. The average molecular weight is 446 g/mol. The van der Waals surface area contributed by atoms with E-state index in [0.29, 0.717) is 6.54 Å². The van der Waals surface area contributed by atoms with Gasteiger partial charge in [0.1, 0.15) is 0 Å². The van der Waals surface area contributed by atoms with Crippen molar-refractivity contribution in [2.24, 2.45) is 0 Å². The molecule has 0 unspecified atom stereocenters. The summed E-state index contributed by atoms with van der Waals surface area (Å²) >= 11 is 0. The molecule has 1 saturated carbocycles. The van der Waals surface area contributed by atoms with E-state index in [1.807, 2.05) is 6.07 Å². The molecule has 0 atom stereocenters. The first-order valence-electron chi connectivity index (χ1n) is 11.4. The third-order valence-electron chi connectivity index (χ3n) is 6.69. The SMILES string of the molecule is C=C(Nc1cc(CNC(C)=O)c2[nH]c(C(C)(C)C)cc2c1)C1(c2ccc3c(c2)OCO3)CC1. The minimum atomic E-state index is -0.109. The normalized spacial score (nSPS) is 16.0. The molecule has 3 aromatic rings. The van der Waals surface area contributed by atoms with E-state index in [2.05, 4.69) is 73.3 Å². The van der Waals surface area contributed by atoms with Crippen molar-refractivity contribution >= 4 is 22.5 Å². The fourth-order valence-corrected chi connectivity index (χ4v) is 4.53. The van der Waals surface area contributed by atoms with Crippen molar-refractivity contribution in [1.82, 2.24) is 10.3 Å². The van der Waals surface area contributed by atoms with Gasteiger partial charge in [-0.25, -0.2) is 0 Å². The molecule has 1 aliphatic heterocycles. The van der Waals surface area contributed by atoms with Crippen LogP contribution in [0.25, 0.3) is 10.9 Å². The van der Waals surface area contributed by atoms with E-state index in [4.69, 9.17) is 9.47 Å². The monoisotopic (exact) mass is 445 g/mol. The van der Waals surface area contributed by atoms with E-state index in [1.54, 1.807) is 6.92 Å². The van der Waals surface area contributed by atoms with Gasteiger partial charge in [0.15, 0.2) is 11.5 Å². The molecule has 3 N–H and O–H groups in total. The minimum Gasteiger partial charge on any atom is -0.454 e. The van der Waals surface area contributed by atoms with Crippen molar-refractivity contribution in [2.75, 3.05) is 12.1 Å². The van der Waals surface area contributed by atoms with Crippen LogP contribution < -0.4 is 20.1 Å². The second-order valence-corrected chi connectivity index (χ2v) is 10.2. The second kappa shape index (κ2) is 7.58. The number of anilines is 1. The number of nitrogens with one attached hydrogen (secondary N) is 3. The third-order valence-corrected chi connectivity index (χ3v) is 6.69. The topological polar surface area (TPSA) is 75.4 Å². The summed E-state index contributed by atoms with van der Waals surface area (Å²) in [4.78, 5) is 15.2. The van der Waals surface area contributed by atoms with Crippen LogP contribution in [0.5, 0.6) is 11.5 Å². The molecule has 2 aliphatic rings. The van der Waals surface area contributed by atoms with Crippen LogP contribution in [-0.2, 0) is 22.2 Å². The van der Waals surface area contributed by atoms with Crippen LogP contribution in [-0.4, -0.2) is 17.7 Å². The first kappa shape index (κ1) is 21.4. The predicted octanol–water partition coefficient (Wildman–Crippen LogP) is 5.49. The molecule has 0 bridgehead atoms. The van der Waals surface area contributed by atoms with Gasteiger partial charge < -0.3 is 25.1 Å². The molecule has 2 heterocycles. The molecule has 1 aliphatic carbocycles. The largest absolute Gasteiger partial charge is 0.454 e. The molecule has 1 amide bonds. The van der Waals surface area contributed by atoms with Crippen molar-refractivity contribution in [1.29, 1.82) is 0 Å². The quantitative estimate of drug-likeness (QED) is 0.469. The van der Waals surface area contributed by atoms with Crippen molar-refractivity contribution in [2.45, 2.75) is 57.9 Å². The zero-order chi connectivity index (χ0) is 23.4. The fraction of sp³-hybridized carbons (Fsp3) is 0.370. The number of H-pyrrole nitrogens is 1. The van der Waals surface area contributed by atoms with Gasteiger partial charge in [0.25, 0.3) is 0 Å².